The molecule has 0 aliphatic carbocycles. The summed E-state index contributed by atoms with van der Waals surface area (Å²) >= 11 is 0. The van der Waals surface area contributed by atoms with Crippen LogP contribution in [-0.4, -0.2) is 19.8 Å². The lowest BCUT2D eigenvalue weighted by molar-refractivity contribution is 0.759. The molecule has 1 heterocycles. The molecule has 0 unspecified atom stereocenters. The lowest BCUT2D eigenvalue weighted by Crippen LogP contribution is -2.31. The first kappa shape index (κ1) is 12.4. The summed E-state index contributed by atoms with van der Waals surface area (Å²) in [6.07, 6.45) is 1.21. The Morgan fingerprint density at radius 3 is 2.20 bits per heavy atom. The fourth-order valence-electron chi connectivity index (χ4n) is 2.09. The lowest BCUT2D eigenvalue weighted by atomic mass is 10.2. The molecule has 1 aliphatic rings. The molecule has 1 aromatic rings. The number of nitrogens with zero attached hydrogens (tertiary/aromatic N) is 2. The summed E-state index contributed by atoms with van der Waals surface area (Å²) in [7, 11) is 0. The van der Waals surface area contributed by atoms with Gasteiger partial charge in [0, 0.05) is 13.1 Å². The highest BCUT2D eigenvalue weighted by atomic mass is 79.9. The Morgan fingerprint density at radius 2 is 1.67 bits per heavy atom. The third-order valence-corrected chi connectivity index (χ3v) is 2.78. The summed E-state index contributed by atoms with van der Waals surface area (Å²) in [6, 6.07) is 8.69. The van der Waals surface area contributed by atoms with Crippen molar-refractivity contribution in [1.82, 2.24) is 0 Å². The molecule has 2 rings (SSSR count). The van der Waals surface area contributed by atoms with Gasteiger partial charge >= 0.3 is 0 Å². The van der Waals surface area contributed by atoms with Gasteiger partial charge < -0.3 is 9.80 Å². The standard InChI is InChI=1S/C12H18N2.BrH/c1-3-9-14-10-13(4-2)11-7-5-6-8-12(11)14;/h5-8H,3-4,9-10H2,1-2H3;1H. The molecular formula is C12H19BrN2. The van der Waals surface area contributed by atoms with Crippen molar-refractivity contribution in [2.75, 3.05) is 29.6 Å². The summed E-state index contributed by atoms with van der Waals surface area (Å²) in [5, 5.41) is 0. The summed E-state index contributed by atoms with van der Waals surface area (Å²) in [6.45, 7) is 7.76. The third kappa shape index (κ3) is 2.28. The smallest absolute Gasteiger partial charge is 0.0904 e. The van der Waals surface area contributed by atoms with Crippen molar-refractivity contribution in [3.8, 4) is 0 Å². The van der Waals surface area contributed by atoms with Crippen LogP contribution in [0.25, 0.3) is 0 Å². The summed E-state index contributed by atoms with van der Waals surface area (Å²) in [5.41, 5.74) is 2.79. The number of hydrogen-bond donors (Lipinski definition) is 0. The number of anilines is 2. The molecule has 1 aromatic carbocycles. The second-order valence-electron chi connectivity index (χ2n) is 3.75. The van der Waals surface area contributed by atoms with Gasteiger partial charge in [0.1, 0.15) is 0 Å². The normalized spacial score (nSPS) is 13.7. The van der Waals surface area contributed by atoms with Gasteiger partial charge in [-0.25, -0.2) is 0 Å². The molecular weight excluding hydrogens is 252 g/mol. The van der Waals surface area contributed by atoms with E-state index in [1.54, 1.807) is 0 Å². The predicted octanol–water partition coefficient (Wildman–Crippen LogP) is 3.28. The van der Waals surface area contributed by atoms with Gasteiger partial charge in [0.15, 0.2) is 0 Å². The second kappa shape index (κ2) is 5.40. The van der Waals surface area contributed by atoms with Crippen LogP contribution in [0.5, 0.6) is 0 Å². The van der Waals surface area contributed by atoms with Crippen molar-refractivity contribution >= 4 is 28.4 Å². The first-order valence-electron chi connectivity index (χ1n) is 5.45. The number of halogens is 1. The largest absolute Gasteiger partial charge is 0.352 e. The van der Waals surface area contributed by atoms with E-state index in [1.807, 2.05) is 0 Å². The molecule has 0 spiro atoms. The van der Waals surface area contributed by atoms with E-state index < -0.39 is 0 Å². The van der Waals surface area contributed by atoms with E-state index in [4.69, 9.17) is 0 Å². The van der Waals surface area contributed by atoms with E-state index in [1.165, 1.54) is 17.8 Å². The number of fused-ring (bicyclic) bond motifs is 1. The Labute approximate surface area is 103 Å². The van der Waals surface area contributed by atoms with Gasteiger partial charge in [-0.2, -0.15) is 0 Å². The highest BCUT2D eigenvalue weighted by Crippen LogP contribution is 2.35. The summed E-state index contributed by atoms with van der Waals surface area (Å²) < 4.78 is 0. The van der Waals surface area contributed by atoms with Crippen LogP contribution in [0.1, 0.15) is 20.3 Å². The van der Waals surface area contributed by atoms with E-state index in [2.05, 4.69) is 47.9 Å². The van der Waals surface area contributed by atoms with Crippen LogP contribution in [0.2, 0.25) is 0 Å². The van der Waals surface area contributed by atoms with Gasteiger partial charge in [0.2, 0.25) is 0 Å². The van der Waals surface area contributed by atoms with E-state index in [9.17, 15) is 0 Å². The zero-order valence-electron chi connectivity index (χ0n) is 9.44. The number of para-hydroxylation sites is 2. The van der Waals surface area contributed by atoms with Gasteiger partial charge in [-0.3, -0.25) is 0 Å². The number of benzene rings is 1. The van der Waals surface area contributed by atoms with Crippen LogP contribution in [0.4, 0.5) is 11.4 Å². The fourth-order valence-corrected chi connectivity index (χ4v) is 2.09. The lowest BCUT2D eigenvalue weighted by Gasteiger charge is -2.19. The Hall–Kier alpha value is -0.700. The second-order valence-corrected chi connectivity index (χ2v) is 3.75. The van der Waals surface area contributed by atoms with Crippen LogP contribution in [0, 0.1) is 0 Å². The first-order chi connectivity index (χ1) is 6.86. The minimum atomic E-state index is 0. The molecule has 0 radical (unpaired) electrons. The Kier molecular flexibility index (Phi) is 4.45. The highest BCUT2D eigenvalue weighted by molar-refractivity contribution is 8.93. The van der Waals surface area contributed by atoms with E-state index in [0.29, 0.717) is 0 Å². The van der Waals surface area contributed by atoms with Crippen molar-refractivity contribution in [3.63, 3.8) is 0 Å². The maximum absolute atomic E-state index is 2.46. The zero-order valence-corrected chi connectivity index (χ0v) is 11.2. The van der Waals surface area contributed by atoms with Gasteiger partial charge in [-0.1, -0.05) is 19.1 Å². The molecule has 0 N–H and O–H groups in total. The van der Waals surface area contributed by atoms with Crippen molar-refractivity contribution in [3.05, 3.63) is 24.3 Å². The van der Waals surface area contributed by atoms with Gasteiger partial charge in [0.05, 0.1) is 18.0 Å². The van der Waals surface area contributed by atoms with Crippen LogP contribution < -0.4 is 9.80 Å². The molecule has 3 heteroatoms. The molecule has 0 bridgehead atoms. The van der Waals surface area contributed by atoms with Gasteiger partial charge in [-0.05, 0) is 25.5 Å². The SMILES string of the molecule is Br.CCCN1CN(CC)c2ccccc21. The minimum Gasteiger partial charge on any atom is -0.352 e. The van der Waals surface area contributed by atoms with Crippen molar-refractivity contribution < 1.29 is 0 Å². The molecule has 15 heavy (non-hydrogen) atoms. The van der Waals surface area contributed by atoms with Crippen LogP contribution >= 0.6 is 17.0 Å². The Bertz CT molecular complexity index is 314. The molecule has 0 atom stereocenters. The topological polar surface area (TPSA) is 6.48 Å². The Morgan fingerprint density at radius 1 is 1.07 bits per heavy atom. The summed E-state index contributed by atoms with van der Waals surface area (Å²) in [4.78, 5) is 4.88. The van der Waals surface area contributed by atoms with E-state index >= 15 is 0 Å². The zero-order chi connectivity index (χ0) is 9.97. The van der Waals surface area contributed by atoms with Gasteiger partial charge in [0.25, 0.3) is 0 Å². The molecule has 84 valence electrons. The average molecular weight is 271 g/mol. The number of rotatable bonds is 3. The average Bonchev–Trinajstić information content (AvgIpc) is 2.58. The van der Waals surface area contributed by atoms with Crippen molar-refractivity contribution in [2.45, 2.75) is 20.3 Å². The van der Waals surface area contributed by atoms with Crippen LogP contribution in [-0.2, 0) is 0 Å². The van der Waals surface area contributed by atoms with E-state index in [-0.39, 0.29) is 17.0 Å². The predicted molar refractivity (Wildman–Crippen MR) is 72.3 cm³/mol. The van der Waals surface area contributed by atoms with E-state index in [0.717, 1.165) is 19.8 Å². The van der Waals surface area contributed by atoms with Crippen molar-refractivity contribution in [1.29, 1.82) is 0 Å². The van der Waals surface area contributed by atoms with Crippen molar-refractivity contribution in [2.24, 2.45) is 0 Å². The molecule has 0 aromatic heterocycles. The molecule has 0 amide bonds. The summed E-state index contributed by atoms with van der Waals surface area (Å²) in [5.74, 6) is 0. The molecule has 0 saturated carbocycles. The van der Waals surface area contributed by atoms with Crippen LogP contribution in [0.15, 0.2) is 24.3 Å². The molecule has 1 aliphatic heterocycles. The quantitative estimate of drug-likeness (QED) is 0.832. The Balaban J connectivity index is 0.00000112. The monoisotopic (exact) mass is 270 g/mol. The maximum Gasteiger partial charge on any atom is 0.0904 e. The van der Waals surface area contributed by atoms with Gasteiger partial charge in [-0.15, -0.1) is 17.0 Å². The van der Waals surface area contributed by atoms with Crippen LogP contribution in [0.3, 0.4) is 0 Å². The fraction of sp³-hybridized carbons (Fsp3) is 0.500. The third-order valence-electron chi connectivity index (χ3n) is 2.78. The maximum atomic E-state index is 2.46. The molecule has 2 nitrogen and oxygen atoms in total. The molecule has 0 saturated heterocycles. The molecule has 0 fully saturated rings. The number of hydrogen-bond acceptors (Lipinski definition) is 2. The minimum absolute atomic E-state index is 0. The highest BCUT2D eigenvalue weighted by Gasteiger charge is 2.22. The first-order valence-corrected chi connectivity index (χ1v) is 5.45.